The minimum absolute atomic E-state index is 0.0433. The van der Waals surface area contributed by atoms with E-state index in [1.54, 1.807) is 0 Å². The van der Waals surface area contributed by atoms with E-state index in [0.717, 1.165) is 10.9 Å². The van der Waals surface area contributed by atoms with Crippen molar-refractivity contribution in [3.05, 3.63) is 21.8 Å². The van der Waals surface area contributed by atoms with Crippen molar-refractivity contribution in [1.82, 2.24) is 9.55 Å². The third kappa shape index (κ3) is 2.02. The molecule has 0 bridgehead atoms. The summed E-state index contributed by atoms with van der Waals surface area (Å²) >= 11 is 5.57. The first-order chi connectivity index (χ1) is 6.56. The molecule has 1 aromatic heterocycles. The monoisotopic (exact) mass is 217 g/mol. The van der Waals surface area contributed by atoms with Gasteiger partial charge in [-0.25, -0.2) is 4.98 Å². The molecule has 0 atom stereocenters. The predicted octanol–water partition coefficient (Wildman–Crippen LogP) is -0.609. The van der Waals surface area contributed by atoms with E-state index in [-0.39, 0.29) is 17.4 Å². The van der Waals surface area contributed by atoms with Crippen molar-refractivity contribution in [2.45, 2.75) is 6.54 Å². The number of methoxy groups -OCH3 is 1. The van der Waals surface area contributed by atoms with Crippen molar-refractivity contribution in [2.75, 3.05) is 7.11 Å². The van der Waals surface area contributed by atoms with E-state index in [1.807, 2.05) is 0 Å². The van der Waals surface area contributed by atoms with Crippen LogP contribution in [0.15, 0.2) is 11.1 Å². The number of rotatable bonds is 3. The highest BCUT2D eigenvalue weighted by Crippen LogP contribution is 2.14. The fourth-order valence-electron chi connectivity index (χ4n) is 0.902. The first kappa shape index (κ1) is 10.5. The molecule has 14 heavy (non-hydrogen) atoms. The summed E-state index contributed by atoms with van der Waals surface area (Å²) in [4.78, 5) is 25.7. The van der Waals surface area contributed by atoms with Crippen molar-refractivity contribution < 1.29 is 9.53 Å². The van der Waals surface area contributed by atoms with E-state index in [2.05, 4.69) is 4.98 Å². The summed E-state index contributed by atoms with van der Waals surface area (Å²) in [5.74, 6) is -0.742. The number of carbonyl (C=O) groups excluding carboxylic acids is 1. The second-order valence-electron chi connectivity index (χ2n) is 2.47. The predicted molar refractivity (Wildman–Crippen MR) is 49.3 cm³/mol. The molecule has 76 valence electrons. The van der Waals surface area contributed by atoms with Crippen LogP contribution in [0.3, 0.4) is 0 Å². The molecule has 0 aliphatic carbocycles. The Balaban J connectivity index is 3.22. The molecule has 0 unspecified atom stereocenters. The quantitative estimate of drug-likeness (QED) is 0.685. The molecule has 1 heterocycles. The molecule has 0 saturated heterocycles. The van der Waals surface area contributed by atoms with Gasteiger partial charge in [0.25, 0.3) is 5.56 Å². The van der Waals surface area contributed by atoms with Crippen LogP contribution < -0.4 is 16.0 Å². The van der Waals surface area contributed by atoms with Gasteiger partial charge in [-0.15, -0.1) is 0 Å². The van der Waals surface area contributed by atoms with Gasteiger partial charge >= 0.3 is 0 Å². The van der Waals surface area contributed by atoms with Crippen LogP contribution in [0.25, 0.3) is 0 Å². The van der Waals surface area contributed by atoms with Gasteiger partial charge in [0.1, 0.15) is 6.54 Å². The zero-order chi connectivity index (χ0) is 10.7. The normalized spacial score (nSPS) is 9.86. The lowest BCUT2D eigenvalue weighted by Gasteiger charge is -2.05. The third-order valence-corrected chi connectivity index (χ3v) is 1.75. The first-order valence-corrected chi connectivity index (χ1v) is 4.01. The highest BCUT2D eigenvalue weighted by Gasteiger charge is 2.10. The van der Waals surface area contributed by atoms with E-state index in [9.17, 15) is 9.59 Å². The lowest BCUT2D eigenvalue weighted by Crippen LogP contribution is -2.28. The van der Waals surface area contributed by atoms with Crippen LogP contribution in [0, 0.1) is 0 Å². The second kappa shape index (κ2) is 4.10. The highest BCUT2D eigenvalue weighted by atomic mass is 35.5. The maximum atomic E-state index is 11.5. The highest BCUT2D eigenvalue weighted by molar-refractivity contribution is 6.30. The van der Waals surface area contributed by atoms with Crippen molar-refractivity contribution in [2.24, 2.45) is 5.73 Å². The molecule has 0 fully saturated rings. The molecule has 0 saturated carbocycles. The molecular weight excluding hydrogens is 210 g/mol. The first-order valence-electron chi connectivity index (χ1n) is 3.63. The van der Waals surface area contributed by atoms with E-state index < -0.39 is 11.5 Å². The summed E-state index contributed by atoms with van der Waals surface area (Å²) in [6, 6.07) is 0. The Kier molecular flexibility index (Phi) is 3.08. The van der Waals surface area contributed by atoms with E-state index in [4.69, 9.17) is 22.1 Å². The lowest BCUT2D eigenvalue weighted by atomic mass is 10.5. The molecule has 0 aromatic carbocycles. The molecule has 7 heteroatoms. The third-order valence-electron chi connectivity index (χ3n) is 1.48. The number of nitrogens with zero attached hydrogens (tertiary/aromatic N) is 2. The van der Waals surface area contributed by atoms with Crippen LogP contribution >= 0.6 is 11.6 Å². The van der Waals surface area contributed by atoms with Crippen LogP contribution in [-0.4, -0.2) is 22.6 Å². The molecule has 0 aliphatic heterocycles. The van der Waals surface area contributed by atoms with Gasteiger partial charge in [0.2, 0.25) is 11.7 Å². The molecule has 0 spiro atoms. The topological polar surface area (TPSA) is 87.2 Å². The number of carbonyl (C=O) groups is 1. The Morgan fingerprint density at radius 2 is 2.43 bits per heavy atom. The van der Waals surface area contributed by atoms with Gasteiger partial charge in [0.15, 0.2) is 5.15 Å². The largest absolute Gasteiger partial charge is 0.489 e. The fraction of sp³-hybridized carbons (Fsp3) is 0.286. The standard InChI is InChI=1S/C7H8ClN3O3/c1-14-5-6(8)10-3-11(7(5)13)2-4(9)12/h3H,2H2,1H3,(H2,9,12). The molecule has 2 N–H and O–H groups in total. The number of hydrogen-bond acceptors (Lipinski definition) is 4. The van der Waals surface area contributed by atoms with Crippen LogP contribution in [0.4, 0.5) is 0 Å². The zero-order valence-electron chi connectivity index (χ0n) is 7.36. The average Bonchev–Trinajstić information content (AvgIpc) is 2.10. The number of aromatic nitrogens is 2. The summed E-state index contributed by atoms with van der Waals surface area (Å²) in [5, 5.41) is -0.0433. The molecule has 1 amide bonds. The Morgan fingerprint density at radius 3 is 2.93 bits per heavy atom. The molecule has 0 radical (unpaired) electrons. The van der Waals surface area contributed by atoms with Crippen molar-refractivity contribution in [3.63, 3.8) is 0 Å². The zero-order valence-corrected chi connectivity index (χ0v) is 8.11. The lowest BCUT2D eigenvalue weighted by molar-refractivity contribution is -0.118. The minimum Gasteiger partial charge on any atom is -0.489 e. The molecule has 0 aliphatic rings. The van der Waals surface area contributed by atoms with Crippen LogP contribution in [0.2, 0.25) is 5.15 Å². The maximum Gasteiger partial charge on any atom is 0.297 e. The van der Waals surface area contributed by atoms with Gasteiger partial charge in [0, 0.05) is 0 Å². The van der Waals surface area contributed by atoms with Crippen molar-refractivity contribution >= 4 is 17.5 Å². The number of primary amides is 1. The van der Waals surface area contributed by atoms with Gasteiger partial charge in [-0.05, 0) is 0 Å². The number of ether oxygens (including phenoxy) is 1. The van der Waals surface area contributed by atoms with Gasteiger partial charge in [0.05, 0.1) is 13.4 Å². The minimum atomic E-state index is -0.640. The van der Waals surface area contributed by atoms with E-state index >= 15 is 0 Å². The Morgan fingerprint density at radius 1 is 1.79 bits per heavy atom. The van der Waals surface area contributed by atoms with E-state index in [0.29, 0.717) is 0 Å². The summed E-state index contributed by atoms with van der Waals surface area (Å²) < 4.78 is 5.74. The molecule has 6 nitrogen and oxygen atoms in total. The summed E-state index contributed by atoms with van der Waals surface area (Å²) in [7, 11) is 1.29. The summed E-state index contributed by atoms with van der Waals surface area (Å²) in [6.07, 6.45) is 1.14. The Bertz CT molecular complexity index is 415. The summed E-state index contributed by atoms with van der Waals surface area (Å²) in [5.41, 5.74) is 4.39. The Hall–Kier alpha value is -1.56. The van der Waals surface area contributed by atoms with Crippen LogP contribution in [0.1, 0.15) is 0 Å². The van der Waals surface area contributed by atoms with Gasteiger partial charge < -0.3 is 10.5 Å². The molecule has 1 aromatic rings. The number of hydrogen-bond donors (Lipinski definition) is 1. The SMILES string of the molecule is COc1c(Cl)ncn(CC(N)=O)c1=O. The fourth-order valence-corrected chi connectivity index (χ4v) is 1.10. The molecular formula is C7H8ClN3O3. The second-order valence-corrected chi connectivity index (χ2v) is 2.83. The van der Waals surface area contributed by atoms with Gasteiger partial charge in [-0.1, -0.05) is 11.6 Å². The Labute approximate surface area is 84.3 Å². The van der Waals surface area contributed by atoms with Crippen LogP contribution in [-0.2, 0) is 11.3 Å². The molecule has 1 rings (SSSR count). The average molecular weight is 218 g/mol. The van der Waals surface area contributed by atoms with Gasteiger partial charge in [-0.3, -0.25) is 14.2 Å². The van der Waals surface area contributed by atoms with E-state index in [1.165, 1.54) is 7.11 Å². The van der Waals surface area contributed by atoms with Crippen molar-refractivity contribution in [3.8, 4) is 5.75 Å². The maximum absolute atomic E-state index is 11.5. The summed E-state index contributed by atoms with van der Waals surface area (Å²) in [6.45, 7) is -0.251. The number of halogens is 1. The smallest absolute Gasteiger partial charge is 0.297 e. The number of nitrogens with two attached hydrogens (primary N) is 1. The number of amides is 1. The van der Waals surface area contributed by atoms with Gasteiger partial charge in [-0.2, -0.15) is 0 Å². The van der Waals surface area contributed by atoms with Crippen LogP contribution in [0.5, 0.6) is 5.75 Å². The van der Waals surface area contributed by atoms with Crippen molar-refractivity contribution in [1.29, 1.82) is 0 Å².